The molecular weight excluding hydrogens is 420 g/mol. The number of hydrogen-bond donors (Lipinski definition) is 1. The summed E-state index contributed by atoms with van der Waals surface area (Å²) < 4.78 is 5.24. The van der Waals surface area contributed by atoms with E-state index in [2.05, 4.69) is 24.4 Å². The van der Waals surface area contributed by atoms with Gasteiger partial charge in [-0.2, -0.15) is 0 Å². The van der Waals surface area contributed by atoms with E-state index in [0.717, 1.165) is 23.5 Å². The van der Waals surface area contributed by atoms with Gasteiger partial charge in [-0.3, -0.25) is 9.59 Å². The van der Waals surface area contributed by atoms with Crippen LogP contribution in [0.1, 0.15) is 50.3 Å². The van der Waals surface area contributed by atoms with Crippen LogP contribution in [0.2, 0.25) is 0 Å². The van der Waals surface area contributed by atoms with E-state index in [-0.39, 0.29) is 17.9 Å². The van der Waals surface area contributed by atoms with Gasteiger partial charge in [0.1, 0.15) is 11.8 Å². The highest BCUT2D eigenvalue weighted by Gasteiger charge is 2.29. The second-order valence-electron chi connectivity index (χ2n) is 8.03. The third-order valence-corrected chi connectivity index (χ3v) is 6.61. The molecular formula is C26H36N2O3S. The van der Waals surface area contributed by atoms with Crippen molar-refractivity contribution < 1.29 is 14.3 Å². The van der Waals surface area contributed by atoms with E-state index in [9.17, 15) is 9.59 Å². The lowest BCUT2D eigenvalue weighted by Gasteiger charge is -2.31. The zero-order chi connectivity index (χ0) is 23.5. The molecule has 6 heteroatoms. The summed E-state index contributed by atoms with van der Waals surface area (Å²) in [5, 5.41) is 3.05. The molecule has 0 unspecified atom stereocenters. The Balaban J connectivity index is 2.15. The van der Waals surface area contributed by atoms with Crippen LogP contribution < -0.4 is 10.1 Å². The summed E-state index contributed by atoms with van der Waals surface area (Å²) in [5.41, 5.74) is 3.42. The summed E-state index contributed by atoms with van der Waals surface area (Å²) in [6, 6.07) is 15.4. The number of nitrogens with zero attached hydrogens (tertiary/aromatic N) is 1. The summed E-state index contributed by atoms with van der Waals surface area (Å²) in [6.07, 6.45) is 1.41. The maximum Gasteiger partial charge on any atom is 0.243 e. The first-order valence-corrected chi connectivity index (χ1v) is 12.4. The van der Waals surface area contributed by atoms with Crippen molar-refractivity contribution in [3.05, 3.63) is 65.2 Å². The zero-order valence-corrected chi connectivity index (χ0v) is 20.7. The Morgan fingerprint density at radius 3 is 2.34 bits per heavy atom. The number of hydrogen-bond acceptors (Lipinski definition) is 4. The molecule has 0 radical (unpaired) electrons. The number of nitrogens with one attached hydrogen (secondary N) is 1. The van der Waals surface area contributed by atoms with E-state index in [1.807, 2.05) is 57.2 Å². The summed E-state index contributed by atoms with van der Waals surface area (Å²) in [6.45, 7) is 8.45. The van der Waals surface area contributed by atoms with Crippen molar-refractivity contribution in [3.63, 3.8) is 0 Å². The minimum atomic E-state index is -0.502. The normalized spacial score (nSPS) is 12.7. The molecule has 174 valence electrons. The molecule has 0 aromatic heterocycles. The predicted molar refractivity (Wildman–Crippen MR) is 133 cm³/mol. The molecule has 0 aliphatic carbocycles. The lowest BCUT2D eigenvalue weighted by Crippen LogP contribution is -2.51. The summed E-state index contributed by atoms with van der Waals surface area (Å²) >= 11 is 1.59. The minimum Gasteiger partial charge on any atom is -0.497 e. The third-order valence-electron chi connectivity index (χ3n) is 5.64. The molecule has 2 atom stereocenters. The molecule has 2 rings (SSSR count). The smallest absolute Gasteiger partial charge is 0.243 e. The number of ether oxygens (including phenoxy) is 1. The van der Waals surface area contributed by atoms with Crippen molar-refractivity contribution in [1.82, 2.24) is 10.2 Å². The van der Waals surface area contributed by atoms with Crippen molar-refractivity contribution in [1.29, 1.82) is 0 Å². The van der Waals surface area contributed by atoms with Gasteiger partial charge in [0.05, 0.1) is 12.9 Å². The Morgan fingerprint density at radius 1 is 1.06 bits per heavy atom. The van der Waals surface area contributed by atoms with Crippen LogP contribution in [0.3, 0.4) is 0 Å². The summed E-state index contributed by atoms with van der Waals surface area (Å²) in [4.78, 5) is 28.0. The van der Waals surface area contributed by atoms with Crippen LogP contribution in [0.5, 0.6) is 5.75 Å². The molecule has 1 N–H and O–H groups in total. The van der Waals surface area contributed by atoms with Gasteiger partial charge in [-0.25, -0.2) is 0 Å². The van der Waals surface area contributed by atoms with Gasteiger partial charge in [0.25, 0.3) is 0 Å². The average molecular weight is 457 g/mol. The Morgan fingerprint density at radius 2 is 1.75 bits per heavy atom. The van der Waals surface area contributed by atoms with Gasteiger partial charge in [0.15, 0.2) is 0 Å². The molecule has 0 bridgehead atoms. The molecule has 0 aliphatic rings. The van der Waals surface area contributed by atoms with Crippen LogP contribution in [-0.2, 0) is 21.9 Å². The largest absolute Gasteiger partial charge is 0.497 e. The maximum atomic E-state index is 13.3. The Labute approximate surface area is 196 Å². The van der Waals surface area contributed by atoms with E-state index in [1.165, 1.54) is 11.1 Å². The number of amides is 2. The Bertz CT molecular complexity index is 870. The highest BCUT2D eigenvalue weighted by atomic mass is 32.2. The minimum absolute atomic E-state index is 0.0226. The van der Waals surface area contributed by atoms with Gasteiger partial charge in [-0.05, 0) is 55.5 Å². The Hall–Kier alpha value is -2.47. The lowest BCUT2D eigenvalue weighted by atomic mass is 10.1. The molecule has 0 spiro atoms. The van der Waals surface area contributed by atoms with Crippen molar-refractivity contribution in [2.24, 2.45) is 0 Å². The zero-order valence-electron chi connectivity index (χ0n) is 19.9. The number of aryl methyl sites for hydroxylation is 1. The van der Waals surface area contributed by atoms with Crippen LogP contribution in [0.25, 0.3) is 0 Å². The summed E-state index contributed by atoms with van der Waals surface area (Å²) in [7, 11) is 1.63. The predicted octanol–water partition coefficient (Wildman–Crippen LogP) is 4.96. The number of benzene rings is 2. The molecule has 0 saturated heterocycles. The van der Waals surface area contributed by atoms with Gasteiger partial charge < -0.3 is 15.0 Å². The number of carbonyl (C=O) groups excluding carboxylic acids is 2. The van der Waals surface area contributed by atoms with Gasteiger partial charge in [-0.15, -0.1) is 11.8 Å². The van der Waals surface area contributed by atoms with E-state index in [0.29, 0.717) is 18.7 Å². The van der Waals surface area contributed by atoms with Crippen LogP contribution in [0.4, 0.5) is 0 Å². The monoisotopic (exact) mass is 456 g/mol. The van der Waals surface area contributed by atoms with Gasteiger partial charge in [-0.1, -0.05) is 50.2 Å². The van der Waals surface area contributed by atoms with Gasteiger partial charge in [0.2, 0.25) is 11.8 Å². The molecule has 2 aromatic rings. The van der Waals surface area contributed by atoms with E-state index < -0.39 is 6.04 Å². The number of carbonyl (C=O) groups is 2. The maximum absolute atomic E-state index is 13.3. The number of methoxy groups -OCH3 is 1. The van der Waals surface area contributed by atoms with E-state index >= 15 is 0 Å². The fourth-order valence-corrected chi connectivity index (χ4v) is 4.38. The van der Waals surface area contributed by atoms with E-state index in [1.54, 1.807) is 23.8 Å². The van der Waals surface area contributed by atoms with Crippen LogP contribution >= 0.6 is 11.8 Å². The van der Waals surface area contributed by atoms with E-state index in [4.69, 9.17) is 4.74 Å². The molecule has 0 fully saturated rings. The molecule has 0 saturated carbocycles. The molecule has 0 heterocycles. The fraction of sp³-hybridized carbons (Fsp3) is 0.462. The molecule has 2 amide bonds. The average Bonchev–Trinajstić information content (AvgIpc) is 2.80. The third kappa shape index (κ3) is 7.59. The molecule has 0 aliphatic heterocycles. The van der Waals surface area contributed by atoms with Crippen molar-refractivity contribution in [2.75, 3.05) is 12.9 Å². The second-order valence-corrected chi connectivity index (χ2v) is 9.02. The standard InChI is InChI=1S/C26H36N2O3S/c1-6-20(4)27-26(30)24(7-2)28(16-21-12-14-23(31-5)15-13-21)25(29)18-32-17-22-11-9-8-10-19(22)3/h8-15,20,24H,6-7,16-18H2,1-5H3,(H,27,30)/t20-,24+/m0/s1. The van der Waals surface area contributed by atoms with Crippen molar-refractivity contribution in [2.45, 2.75) is 64.9 Å². The number of thioether (sulfide) groups is 1. The molecule has 5 nitrogen and oxygen atoms in total. The second kappa shape index (κ2) is 13.2. The summed E-state index contributed by atoms with van der Waals surface area (Å²) in [5.74, 6) is 1.75. The van der Waals surface area contributed by atoms with Gasteiger partial charge >= 0.3 is 0 Å². The first kappa shape index (κ1) is 25.8. The highest BCUT2D eigenvalue weighted by Crippen LogP contribution is 2.20. The van der Waals surface area contributed by atoms with Gasteiger partial charge in [0, 0.05) is 18.3 Å². The molecule has 2 aromatic carbocycles. The van der Waals surface area contributed by atoms with Crippen LogP contribution in [-0.4, -0.2) is 41.7 Å². The highest BCUT2D eigenvalue weighted by molar-refractivity contribution is 7.99. The first-order chi connectivity index (χ1) is 15.4. The topological polar surface area (TPSA) is 58.6 Å². The SMILES string of the molecule is CC[C@H](C(=O)N[C@@H](C)CC)N(Cc1ccc(OC)cc1)C(=O)CSCc1ccccc1C. The number of rotatable bonds is 12. The Kier molecular flexibility index (Phi) is 10.6. The fourth-order valence-electron chi connectivity index (χ4n) is 3.39. The quantitative estimate of drug-likeness (QED) is 0.490. The lowest BCUT2D eigenvalue weighted by molar-refractivity contribution is -0.139. The van der Waals surface area contributed by atoms with Crippen LogP contribution in [0.15, 0.2) is 48.5 Å². The molecule has 32 heavy (non-hydrogen) atoms. The first-order valence-electron chi connectivity index (χ1n) is 11.2. The van der Waals surface area contributed by atoms with Crippen molar-refractivity contribution in [3.8, 4) is 5.75 Å². The van der Waals surface area contributed by atoms with Crippen molar-refractivity contribution >= 4 is 23.6 Å². The van der Waals surface area contributed by atoms with Crippen LogP contribution in [0, 0.1) is 6.92 Å².